The Bertz CT molecular complexity index is 383. The van der Waals surface area contributed by atoms with Gasteiger partial charge in [0.15, 0.2) is 0 Å². The third-order valence-corrected chi connectivity index (χ3v) is 5.23. The molecule has 1 fully saturated rings. The molecule has 1 N–H and O–H groups in total. The maximum Gasteiger partial charge on any atom is 0.0136 e. The molecule has 1 unspecified atom stereocenters. The van der Waals surface area contributed by atoms with Crippen molar-refractivity contribution in [1.82, 2.24) is 5.32 Å². The molecule has 2 aliphatic heterocycles. The molecule has 0 spiro atoms. The van der Waals surface area contributed by atoms with Gasteiger partial charge in [-0.15, -0.1) is 11.8 Å². The minimum absolute atomic E-state index is 0.859. The molecule has 0 bridgehead atoms. The predicted octanol–water partition coefficient (Wildman–Crippen LogP) is 3.27. The number of aryl methyl sites for hydroxylation is 1. The lowest BCUT2D eigenvalue weighted by Crippen LogP contribution is -2.31. The molecule has 0 amide bonds. The van der Waals surface area contributed by atoms with Gasteiger partial charge >= 0.3 is 0 Å². The van der Waals surface area contributed by atoms with Gasteiger partial charge in [0.05, 0.1) is 0 Å². The predicted molar refractivity (Wildman–Crippen MR) is 74.8 cm³/mol. The van der Waals surface area contributed by atoms with Crippen LogP contribution in [0, 0.1) is 5.92 Å². The number of nitrogens with one attached hydrogen (secondary N) is 1. The summed E-state index contributed by atoms with van der Waals surface area (Å²) in [6.45, 7) is 2.44. The van der Waals surface area contributed by atoms with Crippen LogP contribution in [-0.4, -0.2) is 18.8 Å². The number of hydrogen-bond acceptors (Lipinski definition) is 2. The Hall–Kier alpha value is -0.470. The molecule has 1 saturated heterocycles. The first-order valence-electron chi connectivity index (χ1n) is 6.88. The van der Waals surface area contributed by atoms with Gasteiger partial charge < -0.3 is 5.32 Å². The Morgan fingerprint density at radius 1 is 1.29 bits per heavy atom. The maximum absolute atomic E-state index is 3.53. The van der Waals surface area contributed by atoms with Crippen LogP contribution in [0.3, 0.4) is 0 Å². The van der Waals surface area contributed by atoms with Crippen LogP contribution in [0.1, 0.15) is 30.4 Å². The van der Waals surface area contributed by atoms with Crippen LogP contribution in [0.2, 0.25) is 0 Å². The minimum Gasteiger partial charge on any atom is -0.316 e. The highest BCUT2D eigenvalue weighted by Gasteiger charge is 2.18. The molecular formula is C15H21NS. The smallest absolute Gasteiger partial charge is 0.0136 e. The highest BCUT2D eigenvalue weighted by molar-refractivity contribution is 7.99. The van der Waals surface area contributed by atoms with Crippen LogP contribution >= 0.6 is 11.8 Å². The summed E-state index contributed by atoms with van der Waals surface area (Å²) in [6, 6.07) is 6.94. The van der Waals surface area contributed by atoms with Crippen molar-refractivity contribution in [3.8, 4) is 0 Å². The molecule has 17 heavy (non-hydrogen) atoms. The summed E-state index contributed by atoms with van der Waals surface area (Å²) in [4.78, 5) is 1.62. The van der Waals surface area contributed by atoms with Gasteiger partial charge in [0.2, 0.25) is 0 Å². The highest BCUT2D eigenvalue weighted by Crippen LogP contribution is 2.34. The Labute approximate surface area is 108 Å². The van der Waals surface area contributed by atoms with Gasteiger partial charge in [-0.25, -0.2) is 0 Å². The maximum atomic E-state index is 3.53. The first-order valence-corrected chi connectivity index (χ1v) is 7.86. The monoisotopic (exact) mass is 247 g/mol. The Morgan fingerprint density at radius 3 is 3.18 bits per heavy atom. The largest absolute Gasteiger partial charge is 0.316 e. The van der Waals surface area contributed by atoms with E-state index in [4.69, 9.17) is 0 Å². The highest BCUT2D eigenvalue weighted by atomic mass is 32.2. The van der Waals surface area contributed by atoms with Gasteiger partial charge in [-0.05, 0) is 68.0 Å². The zero-order chi connectivity index (χ0) is 11.5. The number of fused-ring (bicyclic) bond motifs is 1. The van der Waals surface area contributed by atoms with Crippen molar-refractivity contribution in [2.75, 3.05) is 18.8 Å². The number of piperidine rings is 1. The van der Waals surface area contributed by atoms with Crippen molar-refractivity contribution in [3.05, 3.63) is 29.3 Å². The molecule has 0 radical (unpaired) electrons. The molecule has 0 saturated carbocycles. The zero-order valence-electron chi connectivity index (χ0n) is 10.4. The van der Waals surface area contributed by atoms with Gasteiger partial charge in [-0.3, -0.25) is 0 Å². The summed E-state index contributed by atoms with van der Waals surface area (Å²) < 4.78 is 0. The summed E-state index contributed by atoms with van der Waals surface area (Å²) in [6.07, 6.45) is 6.68. The molecule has 0 aliphatic carbocycles. The molecule has 0 aromatic heterocycles. The van der Waals surface area contributed by atoms with E-state index in [2.05, 4.69) is 35.3 Å². The average Bonchev–Trinajstić information content (AvgIpc) is 2.40. The lowest BCUT2D eigenvalue weighted by atomic mass is 9.91. The Morgan fingerprint density at radius 2 is 2.29 bits per heavy atom. The van der Waals surface area contributed by atoms with Crippen LogP contribution in [0.5, 0.6) is 0 Å². The Balaban J connectivity index is 1.77. The second kappa shape index (κ2) is 5.45. The second-order valence-corrected chi connectivity index (χ2v) is 6.38. The second-order valence-electron chi connectivity index (χ2n) is 5.27. The van der Waals surface area contributed by atoms with E-state index in [1.807, 2.05) is 0 Å². The van der Waals surface area contributed by atoms with Crippen LogP contribution in [-0.2, 0) is 12.8 Å². The molecular weight excluding hydrogens is 226 g/mol. The van der Waals surface area contributed by atoms with E-state index in [1.54, 1.807) is 16.0 Å². The standard InChI is InChI=1S/C15H21NS/c1-5-13-7-3-9-17-15(13)14(6-1)10-12-4-2-8-16-11-12/h1,5-6,12,16H,2-4,7-11H2. The fourth-order valence-corrected chi connectivity index (χ4v) is 4.21. The van der Waals surface area contributed by atoms with Gasteiger partial charge in [0.1, 0.15) is 0 Å². The number of benzene rings is 1. The van der Waals surface area contributed by atoms with Crippen molar-refractivity contribution >= 4 is 11.8 Å². The van der Waals surface area contributed by atoms with E-state index in [0.29, 0.717) is 0 Å². The van der Waals surface area contributed by atoms with Gasteiger partial charge in [0.25, 0.3) is 0 Å². The quantitative estimate of drug-likeness (QED) is 0.861. The van der Waals surface area contributed by atoms with E-state index in [1.165, 1.54) is 50.9 Å². The van der Waals surface area contributed by atoms with Crippen molar-refractivity contribution < 1.29 is 0 Å². The van der Waals surface area contributed by atoms with Gasteiger partial charge in [-0.1, -0.05) is 18.2 Å². The van der Waals surface area contributed by atoms with Crippen LogP contribution in [0.25, 0.3) is 0 Å². The number of rotatable bonds is 2. The van der Waals surface area contributed by atoms with E-state index >= 15 is 0 Å². The third-order valence-electron chi connectivity index (χ3n) is 3.92. The SMILES string of the molecule is c1cc2c(c(CC3CCCNC3)c1)SCCC2. The van der Waals surface area contributed by atoms with E-state index < -0.39 is 0 Å². The molecule has 1 aromatic carbocycles. The topological polar surface area (TPSA) is 12.0 Å². The summed E-state index contributed by atoms with van der Waals surface area (Å²) in [7, 11) is 0. The summed E-state index contributed by atoms with van der Waals surface area (Å²) in [5, 5.41) is 3.53. The molecule has 92 valence electrons. The molecule has 2 heteroatoms. The average molecular weight is 247 g/mol. The first kappa shape index (κ1) is 11.6. The van der Waals surface area contributed by atoms with Crippen molar-refractivity contribution in [2.45, 2.75) is 37.0 Å². The Kier molecular flexibility index (Phi) is 3.72. The molecule has 2 heterocycles. The van der Waals surface area contributed by atoms with E-state index in [0.717, 1.165) is 5.92 Å². The molecule has 1 aromatic rings. The minimum atomic E-state index is 0.859. The van der Waals surface area contributed by atoms with Crippen LogP contribution in [0.15, 0.2) is 23.1 Å². The molecule has 2 aliphatic rings. The molecule has 3 rings (SSSR count). The van der Waals surface area contributed by atoms with E-state index in [9.17, 15) is 0 Å². The summed E-state index contributed by atoms with van der Waals surface area (Å²) >= 11 is 2.08. The summed E-state index contributed by atoms with van der Waals surface area (Å²) in [5.74, 6) is 2.17. The van der Waals surface area contributed by atoms with Crippen LogP contribution < -0.4 is 5.32 Å². The zero-order valence-corrected chi connectivity index (χ0v) is 11.2. The van der Waals surface area contributed by atoms with Crippen LogP contribution in [0.4, 0.5) is 0 Å². The molecule has 1 atom stereocenters. The van der Waals surface area contributed by atoms with Crippen molar-refractivity contribution in [2.24, 2.45) is 5.92 Å². The lowest BCUT2D eigenvalue weighted by molar-refractivity contribution is 0.374. The van der Waals surface area contributed by atoms with Crippen molar-refractivity contribution in [1.29, 1.82) is 0 Å². The first-order chi connectivity index (χ1) is 8.43. The normalized spacial score (nSPS) is 24.4. The summed E-state index contributed by atoms with van der Waals surface area (Å²) in [5.41, 5.74) is 3.21. The van der Waals surface area contributed by atoms with Gasteiger partial charge in [0, 0.05) is 4.90 Å². The lowest BCUT2D eigenvalue weighted by Gasteiger charge is -2.25. The van der Waals surface area contributed by atoms with Crippen molar-refractivity contribution in [3.63, 3.8) is 0 Å². The van der Waals surface area contributed by atoms with E-state index in [-0.39, 0.29) is 0 Å². The molecule has 1 nitrogen and oxygen atoms in total. The fourth-order valence-electron chi connectivity index (χ4n) is 3.03. The number of thioether (sulfide) groups is 1. The fraction of sp³-hybridized carbons (Fsp3) is 0.600. The third kappa shape index (κ3) is 2.69. The van der Waals surface area contributed by atoms with Gasteiger partial charge in [-0.2, -0.15) is 0 Å². The number of hydrogen-bond donors (Lipinski definition) is 1.